The Morgan fingerprint density at radius 3 is 2.45 bits per heavy atom. The van der Waals surface area contributed by atoms with E-state index in [1.807, 2.05) is 21.6 Å². The van der Waals surface area contributed by atoms with Crippen LogP contribution in [0.5, 0.6) is 0 Å². The largest absolute Gasteiger partial charge is 0.338 e. The fourth-order valence-corrected chi connectivity index (χ4v) is 3.58. The number of likely N-dealkylation sites (tertiary alicyclic amines) is 1. The maximum atomic E-state index is 12.3. The summed E-state index contributed by atoms with van der Waals surface area (Å²) >= 11 is 1.88. The number of nitrogens with zero attached hydrogens (tertiary/aromatic N) is 2. The summed E-state index contributed by atoms with van der Waals surface area (Å²) in [7, 11) is 0. The molecule has 116 valence electrons. The van der Waals surface area contributed by atoms with E-state index in [9.17, 15) is 13.6 Å². The van der Waals surface area contributed by atoms with Crippen molar-refractivity contribution in [3.63, 3.8) is 0 Å². The Kier molecular flexibility index (Phi) is 6.35. The van der Waals surface area contributed by atoms with Gasteiger partial charge in [-0.05, 0) is 31.8 Å². The summed E-state index contributed by atoms with van der Waals surface area (Å²) < 4.78 is 24.5. The van der Waals surface area contributed by atoms with Gasteiger partial charge in [-0.15, -0.1) is 0 Å². The van der Waals surface area contributed by atoms with Crippen LogP contribution in [0.3, 0.4) is 0 Å². The van der Waals surface area contributed by atoms with E-state index in [-0.39, 0.29) is 12.6 Å². The molecule has 0 radical (unpaired) electrons. The number of nitrogens with one attached hydrogen (secondary N) is 1. The van der Waals surface area contributed by atoms with Gasteiger partial charge in [0.2, 0.25) is 0 Å². The van der Waals surface area contributed by atoms with Gasteiger partial charge in [-0.3, -0.25) is 4.90 Å². The van der Waals surface area contributed by atoms with Crippen LogP contribution in [0.2, 0.25) is 0 Å². The van der Waals surface area contributed by atoms with Crippen molar-refractivity contribution >= 4 is 17.8 Å². The third-order valence-corrected chi connectivity index (χ3v) is 4.89. The van der Waals surface area contributed by atoms with Gasteiger partial charge in [0.1, 0.15) is 0 Å². The minimum atomic E-state index is -2.25. The van der Waals surface area contributed by atoms with E-state index in [1.54, 1.807) is 0 Å². The normalized spacial score (nSPS) is 22.2. The van der Waals surface area contributed by atoms with Crippen molar-refractivity contribution in [3.8, 4) is 0 Å². The summed E-state index contributed by atoms with van der Waals surface area (Å²) in [6.07, 6.45) is -0.464. The molecule has 2 saturated heterocycles. The van der Waals surface area contributed by atoms with Crippen molar-refractivity contribution in [2.45, 2.75) is 19.3 Å². The predicted octanol–water partition coefficient (Wildman–Crippen LogP) is 1.72. The molecule has 2 aliphatic heterocycles. The number of thioether (sulfide) groups is 1. The predicted molar refractivity (Wildman–Crippen MR) is 77.5 cm³/mol. The number of rotatable bonds is 4. The fourth-order valence-electron chi connectivity index (χ4n) is 2.68. The second kappa shape index (κ2) is 8.02. The van der Waals surface area contributed by atoms with Gasteiger partial charge < -0.3 is 10.2 Å². The van der Waals surface area contributed by atoms with Crippen LogP contribution in [0, 0.1) is 5.92 Å². The molecule has 20 heavy (non-hydrogen) atoms. The van der Waals surface area contributed by atoms with E-state index in [0.717, 1.165) is 37.4 Å². The molecular formula is C13H23F2N3OS. The van der Waals surface area contributed by atoms with Gasteiger partial charge in [-0.2, -0.15) is 11.8 Å². The molecule has 0 bridgehead atoms. The quantitative estimate of drug-likeness (QED) is 0.859. The van der Waals surface area contributed by atoms with Gasteiger partial charge in [0.25, 0.3) is 6.43 Å². The van der Waals surface area contributed by atoms with E-state index in [0.29, 0.717) is 25.6 Å². The summed E-state index contributed by atoms with van der Waals surface area (Å²) in [5.41, 5.74) is 0. The van der Waals surface area contributed by atoms with Crippen LogP contribution in [0.1, 0.15) is 12.8 Å². The van der Waals surface area contributed by atoms with Crippen molar-refractivity contribution < 1.29 is 13.6 Å². The zero-order valence-electron chi connectivity index (χ0n) is 11.7. The number of carbonyl (C=O) groups is 1. The zero-order chi connectivity index (χ0) is 14.4. The molecule has 0 saturated carbocycles. The number of carbonyl (C=O) groups excluding carboxylic acids is 1. The monoisotopic (exact) mass is 307 g/mol. The Hall–Kier alpha value is -0.560. The van der Waals surface area contributed by atoms with Gasteiger partial charge in [-0.25, -0.2) is 13.6 Å². The molecule has 2 heterocycles. The number of hydrogen-bond donors (Lipinski definition) is 1. The second-order valence-electron chi connectivity index (χ2n) is 5.42. The average molecular weight is 307 g/mol. The minimum absolute atomic E-state index is 0.0281. The van der Waals surface area contributed by atoms with Gasteiger partial charge >= 0.3 is 6.03 Å². The first-order chi connectivity index (χ1) is 9.65. The lowest BCUT2D eigenvalue weighted by Gasteiger charge is -2.32. The summed E-state index contributed by atoms with van der Waals surface area (Å²) in [5, 5.41) is 2.99. The van der Waals surface area contributed by atoms with Crippen LogP contribution in [0.25, 0.3) is 0 Å². The maximum absolute atomic E-state index is 12.3. The second-order valence-corrected chi connectivity index (χ2v) is 6.65. The Morgan fingerprint density at radius 2 is 1.85 bits per heavy atom. The first-order valence-corrected chi connectivity index (χ1v) is 8.41. The number of halogens is 2. The molecule has 7 heteroatoms. The lowest BCUT2D eigenvalue weighted by Crippen LogP contribution is -2.47. The first-order valence-electron chi connectivity index (χ1n) is 7.26. The molecule has 2 amide bonds. The highest BCUT2D eigenvalue weighted by atomic mass is 32.2. The van der Waals surface area contributed by atoms with Gasteiger partial charge in [0, 0.05) is 31.1 Å². The van der Waals surface area contributed by atoms with E-state index in [2.05, 4.69) is 5.32 Å². The van der Waals surface area contributed by atoms with Gasteiger partial charge in [0.05, 0.1) is 6.54 Å². The smallest absolute Gasteiger partial charge is 0.317 e. The molecule has 2 fully saturated rings. The molecule has 1 N–H and O–H groups in total. The molecular weight excluding hydrogens is 284 g/mol. The van der Waals surface area contributed by atoms with Crippen molar-refractivity contribution in [3.05, 3.63) is 0 Å². The molecule has 0 spiro atoms. The molecule has 0 aromatic heterocycles. The van der Waals surface area contributed by atoms with Crippen molar-refractivity contribution in [2.24, 2.45) is 5.92 Å². The van der Waals surface area contributed by atoms with Crippen LogP contribution in [0.15, 0.2) is 0 Å². The van der Waals surface area contributed by atoms with Crippen LogP contribution in [0.4, 0.5) is 13.6 Å². The number of amides is 2. The highest BCUT2D eigenvalue weighted by molar-refractivity contribution is 7.99. The maximum Gasteiger partial charge on any atom is 0.317 e. The van der Waals surface area contributed by atoms with E-state index in [1.165, 1.54) is 0 Å². The Balaban J connectivity index is 1.61. The summed E-state index contributed by atoms with van der Waals surface area (Å²) in [5.74, 6) is 2.45. The third kappa shape index (κ3) is 5.09. The highest BCUT2D eigenvalue weighted by Crippen LogP contribution is 2.17. The SMILES string of the molecule is O=C(NCC1CCN(CC(F)F)CC1)N1CCSCC1. The first kappa shape index (κ1) is 15.8. The molecule has 0 unspecified atom stereocenters. The number of hydrogen-bond acceptors (Lipinski definition) is 3. The molecule has 0 atom stereocenters. The number of piperidine rings is 1. The molecule has 0 aliphatic carbocycles. The summed E-state index contributed by atoms with van der Waals surface area (Å²) in [6.45, 7) is 3.62. The highest BCUT2D eigenvalue weighted by Gasteiger charge is 2.23. The molecule has 4 nitrogen and oxygen atoms in total. The van der Waals surface area contributed by atoms with Gasteiger partial charge in [-0.1, -0.05) is 0 Å². The van der Waals surface area contributed by atoms with Crippen LogP contribution >= 0.6 is 11.8 Å². The van der Waals surface area contributed by atoms with Crippen LogP contribution < -0.4 is 5.32 Å². The Labute approximate surface area is 123 Å². The lowest BCUT2D eigenvalue weighted by atomic mass is 9.97. The lowest BCUT2D eigenvalue weighted by molar-refractivity contribution is 0.0691. The molecule has 0 aromatic carbocycles. The van der Waals surface area contributed by atoms with Crippen molar-refractivity contribution in [1.29, 1.82) is 0 Å². The third-order valence-electron chi connectivity index (χ3n) is 3.94. The number of alkyl halides is 2. The van der Waals surface area contributed by atoms with E-state index < -0.39 is 6.43 Å². The fraction of sp³-hybridized carbons (Fsp3) is 0.923. The molecule has 2 rings (SSSR count). The van der Waals surface area contributed by atoms with Crippen LogP contribution in [-0.2, 0) is 0 Å². The average Bonchev–Trinajstić information content (AvgIpc) is 2.46. The van der Waals surface area contributed by atoms with Crippen LogP contribution in [-0.4, -0.2) is 73.0 Å². The van der Waals surface area contributed by atoms with E-state index >= 15 is 0 Å². The van der Waals surface area contributed by atoms with E-state index in [4.69, 9.17) is 0 Å². The summed E-state index contributed by atoms with van der Waals surface area (Å²) in [6, 6.07) is 0.0281. The zero-order valence-corrected chi connectivity index (χ0v) is 12.5. The number of urea groups is 1. The summed E-state index contributed by atoms with van der Waals surface area (Å²) in [4.78, 5) is 15.6. The van der Waals surface area contributed by atoms with Crippen molar-refractivity contribution in [1.82, 2.24) is 15.1 Å². The minimum Gasteiger partial charge on any atom is -0.338 e. The molecule has 2 aliphatic rings. The Morgan fingerprint density at radius 1 is 1.20 bits per heavy atom. The topological polar surface area (TPSA) is 35.6 Å². The van der Waals surface area contributed by atoms with Gasteiger partial charge in [0.15, 0.2) is 0 Å². The van der Waals surface area contributed by atoms with Crippen molar-refractivity contribution in [2.75, 3.05) is 50.8 Å². The molecule has 0 aromatic rings. The Bertz CT molecular complexity index is 306. The standard InChI is InChI=1S/C13H23F2N3OS/c14-12(15)10-17-3-1-11(2-4-17)9-16-13(19)18-5-7-20-8-6-18/h11-12H,1-10H2,(H,16,19).